The summed E-state index contributed by atoms with van der Waals surface area (Å²) in [5.41, 5.74) is 2.79. The first-order valence-electron chi connectivity index (χ1n) is 8.30. The monoisotopic (exact) mass is 427 g/mol. The third-order valence-corrected chi connectivity index (χ3v) is 4.65. The molecule has 1 amide bonds. The van der Waals surface area contributed by atoms with Crippen LogP contribution in [0.15, 0.2) is 69.8 Å². The number of hydrogen-bond donors (Lipinski definition) is 0. The predicted molar refractivity (Wildman–Crippen MR) is 106 cm³/mol. The number of hydrogen-bond acceptors (Lipinski definition) is 4. The Morgan fingerprint density at radius 3 is 2.41 bits per heavy atom. The van der Waals surface area contributed by atoms with E-state index in [0.717, 1.165) is 11.1 Å². The Balaban J connectivity index is 2.09. The molecule has 3 rings (SSSR count). The normalized spacial score (nSPS) is 10.5. The average Bonchev–Trinajstić information content (AvgIpc) is 3.12. The molecule has 1 aromatic heterocycles. The maximum absolute atomic E-state index is 13.2. The molecule has 0 aliphatic heterocycles. The van der Waals surface area contributed by atoms with E-state index in [9.17, 15) is 9.59 Å². The number of para-hydroxylation sites is 1. The largest absolute Gasteiger partial charge is 0.465 e. The van der Waals surface area contributed by atoms with Crippen molar-refractivity contribution >= 4 is 33.5 Å². The number of aryl methyl sites for hydroxylation is 1. The second-order valence-electron chi connectivity index (χ2n) is 5.93. The number of carbonyl (C=O) groups excluding carboxylic acids is 2. The molecule has 0 N–H and O–H groups in total. The van der Waals surface area contributed by atoms with Gasteiger partial charge in [0.2, 0.25) is 0 Å². The summed E-state index contributed by atoms with van der Waals surface area (Å²) in [7, 11) is 1.32. The van der Waals surface area contributed by atoms with E-state index in [1.165, 1.54) is 12.0 Å². The molecule has 0 unspecified atom stereocenters. The lowest BCUT2D eigenvalue weighted by Crippen LogP contribution is -2.32. The Morgan fingerprint density at radius 2 is 1.74 bits per heavy atom. The van der Waals surface area contributed by atoms with Crippen LogP contribution >= 0.6 is 15.9 Å². The smallest absolute Gasteiger partial charge is 0.339 e. The van der Waals surface area contributed by atoms with Crippen LogP contribution in [0.3, 0.4) is 0 Å². The van der Waals surface area contributed by atoms with Gasteiger partial charge in [-0.2, -0.15) is 0 Å². The SMILES string of the molecule is COC(=O)c1ccccc1N(Cc1ccccc1C)C(=O)c1ccc(Br)o1. The minimum Gasteiger partial charge on any atom is -0.465 e. The summed E-state index contributed by atoms with van der Waals surface area (Å²) in [5.74, 6) is -0.677. The number of rotatable bonds is 5. The number of benzene rings is 2. The molecule has 0 radical (unpaired) electrons. The fourth-order valence-electron chi connectivity index (χ4n) is 2.78. The van der Waals surface area contributed by atoms with Crippen LogP contribution in [0.1, 0.15) is 32.0 Å². The molecule has 0 fully saturated rings. The van der Waals surface area contributed by atoms with Crippen molar-refractivity contribution in [2.75, 3.05) is 12.0 Å². The van der Waals surface area contributed by atoms with Crippen molar-refractivity contribution in [3.8, 4) is 0 Å². The molecule has 3 aromatic rings. The highest BCUT2D eigenvalue weighted by Crippen LogP contribution is 2.27. The number of esters is 1. The van der Waals surface area contributed by atoms with Crippen LogP contribution in [-0.4, -0.2) is 19.0 Å². The standard InChI is InChI=1S/C21H18BrNO4/c1-14-7-3-4-8-15(14)13-23(20(24)18-11-12-19(22)27-18)17-10-6-5-9-16(17)21(25)26-2/h3-12H,13H2,1-2H3. The molecule has 138 valence electrons. The Bertz CT molecular complexity index is 980. The molecule has 1 heterocycles. The van der Waals surface area contributed by atoms with E-state index in [2.05, 4.69) is 15.9 Å². The summed E-state index contributed by atoms with van der Waals surface area (Å²) in [6, 6.07) is 17.9. The summed E-state index contributed by atoms with van der Waals surface area (Å²) < 4.78 is 10.8. The highest BCUT2D eigenvalue weighted by molar-refractivity contribution is 9.10. The van der Waals surface area contributed by atoms with Crippen LogP contribution in [-0.2, 0) is 11.3 Å². The fourth-order valence-corrected chi connectivity index (χ4v) is 3.08. The van der Waals surface area contributed by atoms with Crippen LogP contribution in [0.2, 0.25) is 0 Å². The summed E-state index contributed by atoms with van der Waals surface area (Å²) in [6.07, 6.45) is 0. The zero-order valence-corrected chi connectivity index (χ0v) is 16.5. The van der Waals surface area contributed by atoms with Gasteiger partial charge in [-0.15, -0.1) is 0 Å². The second kappa shape index (κ2) is 8.22. The number of carbonyl (C=O) groups is 2. The first-order valence-corrected chi connectivity index (χ1v) is 9.09. The van der Waals surface area contributed by atoms with Crippen LogP contribution in [0.25, 0.3) is 0 Å². The lowest BCUT2D eigenvalue weighted by molar-refractivity contribution is 0.0601. The quantitative estimate of drug-likeness (QED) is 0.538. The Hall–Kier alpha value is -2.86. The Labute approximate surface area is 165 Å². The van der Waals surface area contributed by atoms with E-state index < -0.39 is 5.97 Å². The van der Waals surface area contributed by atoms with Gasteiger partial charge in [0.05, 0.1) is 24.9 Å². The third kappa shape index (κ3) is 4.11. The molecule has 0 atom stereocenters. The summed E-state index contributed by atoms with van der Waals surface area (Å²) in [6.45, 7) is 2.27. The average molecular weight is 428 g/mol. The number of methoxy groups -OCH3 is 1. The lowest BCUT2D eigenvalue weighted by Gasteiger charge is -2.24. The first kappa shape index (κ1) is 18.9. The highest BCUT2D eigenvalue weighted by atomic mass is 79.9. The number of halogens is 1. The molecule has 0 saturated carbocycles. The van der Waals surface area contributed by atoms with Gasteiger partial charge >= 0.3 is 5.97 Å². The molecule has 2 aromatic carbocycles. The molecule has 0 bridgehead atoms. The molecule has 0 aliphatic carbocycles. The first-order chi connectivity index (χ1) is 13.0. The summed E-state index contributed by atoms with van der Waals surface area (Å²) in [4.78, 5) is 27.0. The van der Waals surface area contributed by atoms with Gasteiger partial charge in [0.15, 0.2) is 10.4 Å². The van der Waals surface area contributed by atoms with Crippen LogP contribution < -0.4 is 4.90 Å². The molecule has 6 heteroatoms. The van der Waals surface area contributed by atoms with Crippen molar-refractivity contribution in [2.45, 2.75) is 13.5 Å². The predicted octanol–water partition coefficient (Wildman–Crippen LogP) is 4.98. The van der Waals surface area contributed by atoms with E-state index in [1.54, 1.807) is 36.4 Å². The van der Waals surface area contributed by atoms with Crippen molar-refractivity contribution < 1.29 is 18.7 Å². The van der Waals surface area contributed by atoms with Crippen LogP contribution in [0.5, 0.6) is 0 Å². The molecule has 0 saturated heterocycles. The molecule has 5 nitrogen and oxygen atoms in total. The van der Waals surface area contributed by atoms with E-state index in [4.69, 9.17) is 9.15 Å². The number of amides is 1. The molecule has 0 spiro atoms. The lowest BCUT2D eigenvalue weighted by atomic mass is 10.1. The van der Waals surface area contributed by atoms with Gasteiger partial charge in [0, 0.05) is 0 Å². The summed E-state index contributed by atoms with van der Waals surface area (Å²) >= 11 is 3.22. The van der Waals surface area contributed by atoms with Gasteiger partial charge in [-0.1, -0.05) is 36.4 Å². The van der Waals surface area contributed by atoms with Crippen molar-refractivity contribution in [2.24, 2.45) is 0 Å². The second-order valence-corrected chi connectivity index (χ2v) is 6.71. The topological polar surface area (TPSA) is 59.8 Å². The van der Waals surface area contributed by atoms with E-state index in [1.807, 2.05) is 31.2 Å². The highest BCUT2D eigenvalue weighted by Gasteiger charge is 2.26. The maximum atomic E-state index is 13.2. The van der Waals surface area contributed by atoms with Gasteiger partial charge in [-0.3, -0.25) is 4.79 Å². The molecular formula is C21H18BrNO4. The molecule has 0 aliphatic rings. The number of nitrogens with zero attached hydrogens (tertiary/aromatic N) is 1. The van der Waals surface area contributed by atoms with E-state index in [-0.39, 0.29) is 18.2 Å². The Morgan fingerprint density at radius 1 is 1.04 bits per heavy atom. The van der Waals surface area contributed by atoms with Gasteiger partial charge in [-0.05, 0) is 58.2 Å². The van der Waals surface area contributed by atoms with E-state index >= 15 is 0 Å². The third-order valence-electron chi connectivity index (χ3n) is 4.22. The number of ether oxygens (including phenoxy) is 1. The number of furan rings is 1. The Kier molecular flexibility index (Phi) is 5.76. The van der Waals surface area contributed by atoms with Gasteiger partial charge in [0.25, 0.3) is 5.91 Å². The zero-order valence-electron chi connectivity index (χ0n) is 14.9. The van der Waals surface area contributed by atoms with Crippen LogP contribution in [0.4, 0.5) is 5.69 Å². The van der Waals surface area contributed by atoms with Crippen molar-refractivity contribution in [1.29, 1.82) is 0 Å². The van der Waals surface area contributed by atoms with Crippen molar-refractivity contribution in [3.63, 3.8) is 0 Å². The molecular weight excluding hydrogens is 410 g/mol. The van der Waals surface area contributed by atoms with Gasteiger partial charge in [0.1, 0.15) is 0 Å². The van der Waals surface area contributed by atoms with Crippen molar-refractivity contribution in [3.05, 3.63) is 87.8 Å². The fraction of sp³-hybridized carbons (Fsp3) is 0.143. The minimum atomic E-state index is -0.506. The van der Waals surface area contributed by atoms with Crippen molar-refractivity contribution in [1.82, 2.24) is 0 Å². The molecule has 27 heavy (non-hydrogen) atoms. The minimum absolute atomic E-state index is 0.176. The maximum Gasteiger partial charge on any atom is 0.339 e. The number of anilines is 1. The van der Waals surface area contributed by atoms with Crippen LogP contribution in [0, 0.1) is 6.92 Å². The van der Waals surface area contributed by atoms with Gasteiger partial charge in [-0.25, -0.2) is 4.79 Å². The van der Waals surface area contributed by atoms with Gasteiger partial charge < -0.3 is 14.1 Å². The van der Waals surface area contributed by atoms with E-state index in [0.29, 0.717) is 15.9 Å². The summed E-state index contributed by atoms with van der Waals surface area (Å²) in [5, 5.41) is 0. The zero-order chi connectivity index (χ0) is 19.4.